The fraction of sp³-hybridized carbons (Fsp3) is 0.734. The van der Waals surface area contributed by atoms with Crippen molar-refractivity contribution < 1.29 is 75.8 Å². The van der Waals surface area contributed by atoms with Gasteiger partial charge in [-0.15, -0.1) is 0 Å². The van der Waals surface area contributed by atoms with E-state index in [0.29, 0.717) is 19.3 Å². The minimum absolute atomic E-state index is 0.0904. The number of unbranched alkanes of at least 4 members (excludes halogenated alkanes) is 31. The van der Waals surface area contributed by atoms with Crippen LogP contribution in [0.15, 0.2) is 109 Å². The van der Waals surface area contributed by atoms with E-state index in [2.05, 4.69) is 130 Å². The van der Waals surface area contributed by atoms with Crippen LogP contribution in [0.5, 0.6) is 0 Å². The van der Waals surface area contributed by atoms with Gasteiger partial charge >= 0.3 is 33.6 Å². The van der Waals surface area contributed by atoms with Crippen LogP contribution in [0.4, 0.5) is 0 Å². The number of esters is 3. The molecule has 0 saturated carbocycles. The first-order valence-electron chi connectivity index (χ1n) is 38.2. The highest BCUT2D eigenvalue weighted by Gasteiger charge is 2.29. The highest BCUT2D eigenvalue weighted by Crippen LogP contribution is 2.45. The van der Waals surface area contributed by atoms with E-state index in [-0.39, 0.29) is 19.3 Å². The van der Waals surface area contributed by atoms with Crippen molar-refractivity contribution in [3.63, 3.8) is 0 Å². The van der Waals surface area contributed by atoms with Crippen LogP contribution in [0.2, 0.25) is 0 Å². The molecular formula is C79H138O16P2. The highest BCUT2D eigenvalue weighted by atomic mass is 31.2. The Kier molecular flexibility index (Phi) is 69.2. The van der Waals surface area contributed by atoms with Gasteiger partial charge in [-0.3, -0.25) is 32.5 Å². The largest absolute Gasteiger partial charge is 0.472 e. The van der Waals surface area contributed by atoms with Crippen LogP contribution in [0, 0.1) is 0 Å². The summed E-state index contributed by atoms with van der Waals surface area (Å²) in [7, 11) is -9.78. The molecule has 0 amide bonds. The lowest BCUT2D eigenvalue weighted by atomic mass is 10.0. The summed E-state index contributed by atoms with van der Waals surface area (Å²) >= 11 is 0. The Bertz CT molecular complexity index is 2200. The Morgan fingerprint density at radius 2 is 0.526 bits per heavy atom. The molecule has 0 fully saturated rings. The van der Waals surface area contributed by atoms with Crippen LogP contribution in [0.25, 0.3) is 0 Å². The summed E-state index contributed by atoms with van der Waals surface area (Å²) in [5.74, 6) is -1.60. The van der Waals surface area contributed by atoms with Gasteiger partial charge in [0.05, 0.1) is 26.4 Å². The normalized spacial score (nSPS) is 14.7. The van der Waals surface area contributed by atoms with Crippen LogP contribution in [0.3, 0.4) is 0 Å². The smallest absolute Gasteiger partial charge is 0.463 e. The van der Waals surface area contributed by atoms with Crippen LogP contribution < -0.4 is 0 Å². The maximum atomic E-state index is 12.9. The molecule has 0 aromatic carbocycles. The maximum Gasteiger partial charge on any atom is 0.472 e. The lowest BCUT2D eigenvalue weighted by Crippen LogP contribution is -2.30. The number of phosphoric ester groups is 2. The number of hydrogen-bond donors (Lipinski definition) is 4. The standard InChI is InChI=1S/C79H138O16P2/c1-4-7-10-13-16-19-22-24-26-28-30-32-34-35-36-37-39-41-42-44-46-48-51-53-56-59-62-65-77(82)89-68-74(80)69-91-96(85,86)92-70-75(81)71-93-97(87,88)94-73-76(95-79(84)67-64-61-58-55-50-21-18-15-12-9-6-3)72-90-78(83)66-63-60-57-54-52-49-47-45-43-40-38-33-31-29-27-25-23-20-17-14-11-8-5-2/h15-20,24-27,30-33,35-36,40,43,74-76,80-81H,4-14,21-23,28-29,34,37-39,41-42,44-73H2,1-3H3,(H,85,86)(H,87,88)/b18-15-,19-16-,20-17-,26-24-,27-25-,32-30-,33-31-,36-35-,43-40-. The number of carbonyl (C=O) groups is 3. The third-order valence-corrected chi connectivity index (χ3v) is 17.8. The number of carbonyl (C=O) groups excluding carboxylic acids is 3. The molecule has 0 aliphatic heterocycles. The molecule has 16 nitrogen and oxygen atoms in total. The second-order valence-electron chi connectivity index (χ2n) is 25.4. The molecule has 0 rings (SSSR count). The van der Waals surface area contributed by atoms with Gasteiger partial charge < -0.3 is 34.2 Å². The van der Waals surface area contributed by atoms with Gasteiger partial charge in [-0.2, -0.15) is 0 Å². The Morgan fingerprint density at radius 1 is 0.289 bits per heavy atom. The molecule has 97 heavy (non-hydrogen) atoms. The van der Waals surface area contributed by atoms with Crippen LogP contribution in [-0.4, -0.2) is 95.9 Å². The highest BCUT2D eigenvalue weighted by molar-refractivity contribution is 7.47. The number of hydrogen-bond acceptors (Lipinski definition) is 14. The number of aliphatic hydroxyl groups is 2. The van der Waals surface area contributed by atoms with Crippen LogP contribution >= 0.6 is 15.6 Å². The molecule has 5 unspecified atom stereocenters. The molecular weight excluding hydrogens is 1270 g/mol. The zero-order chi connectivity index (χ0) is 70.9. The summed E-state index contributed by atoms with van der Waals surface area (Å²) < 4.78 is 61.0. The second kappa shape index (κ2) is 72.0. The Labute approximate surface area is 590 Å². The minimum Gasteiger partial charge on any atom is -0.463 e. The van der Waals surface area contributed by atoms with Crippen LogP contribution in [-0.2, 0) is 55.8 Å². The quantitative estimate of drug-likeness (QED) is 0.0146. The molecule has 0 aromatic heterocycles. The molecule has 0 heterocycles. The van der Waals surface area contributed by atoms with E-state index in [1.807, 2.05) is 0 Å². The molecule has 0 aliphatic carbocycles. The molecule has 5 atom stereocenters. The van der Waals surface area contributed by atoms with Gasteiger partial charge in [0.15, 0.2) is 6.10 Å². The van der Waals surface area contributed by atoms with Gasteiger partial charge in [-0.1, -0.05) is 278 Å². The van der Waals surface area contributed by atoms with Crippen molar-refractivity contribution in [3.05, 3.63) is 109 Å². The zero-order valence-corrected chi connectivity index (χ0v) is 62.8. The van der Waals surface area contributed by atoms with Crippen molar-refractivity contribution in [2.45, 2.75) is 334 Å². The fourth-order valence-electron chi connectivity index (χ4n) is 10.0. The van der Waals surface area contributed by atoms with Gasteiger partial charge in [-0.25, -0.2) is 9.13 Å². The molecule has 0 aliphatic rings. The SMILES string of the molecule is CCCC/C=C\CCCCCCCC(=O)OC(COC(=O)CCCCCCCCC/C=C\C/C=C\C/C=C\C/C=C\CCCCC)COP(=O)(O)OCC(O)COP(=O)(O)OCC(O)COC(=O)CCCCCCCCCCCCC/C=C\C/C=C\C/C=C\C/C=C\CCCCC. The number of rotatable bonds is 72. The number of aliphatic hydroxyl groups excluding tert-OH is 2. The lowest BCUT2D eigenvalue weighted by molar-refractivity contribution is -0.161. The van der Waals surface area contributed by atoms with Gasteiger partial charge in [-0.05, 0) is 128 Å². The molecule has 0 bridgehead atoms. The number of allylic oxidation sites excluding steroid dienone is 18. The summed E-state index contributed by atoms with van der Waals surface area (Å²) in [6, 6.07) is 0. The summed E-state index contributed by atoms with van der Waals surface area (Å²) in [6.07, 6.45) is 82.9. The van der Waals surface area contributed by atoms with Gasteiger partial charge in [0, 0.05) is 19.3 Å². The Balaban J connectivity index is 4.49. The van der Waals surface area contributed by atoms with E-state index < -0.39 is 91.5 Å². The van der Waals surface area contributed by atoms with E-state index in [4.69, 9.17) is 32.3 Å². The topological polar surface area (TPSA) is 231 Å². The Hall–Kier alpha value is -3.79. The van der Waals surface area contributed by atoms with Crippen LogP contribution in [0.1, 0.15) is 316 Å². The van der Waals surface area contributed by atoms with Crippen molar-refractivity contribution in [1.82, 2.24) is 0 Å². The number of ether oxygens (including phenoxy) is 3. The summed E-state index contributed by atoms with van der Waals surface area (Å²) in [5.41, 5.74) is 0. The van der Waals surface area contributed by atoms with E-state index in [9.17, 15) is 43.5 Å². The maximum absolute atomic E-state index is 12.9. The van der Waals surface area contributed by atoms with Crippen molar-refractivity contribution in [2.24, 2.45) is 0 Å². The van der Waals surface area contributed by atoms with Crippen molar-refractivity contribution in [1.29, 1.82) is 0 Å². The molecule has 0 spiro atoms. The van der Waals surface area contributed by atoms with E-state index in [1.165, 1.54) is 109 Å². The summed E-state index contributed by atoms with van der Waals surface area (Å²) in [6.45, 7) is 2.56. The summed E-state index contributed by atoms with van der Waals surface area (Å²) in [5, 5.41) is 20.6. The molecule has 18 heteroatoms. The average Bonchev–Trinajstić information content (AvgIpc) is 1.23. The van der Waals surface area contributed by atoms with Gasteiger partial charge in [0.2, 0.25) is 0 Å². The van der Waals surface area contributed by atoms with Gasteiger partial charge in [0.25, 0.3) is 0 Å². The number of phosphoric acid groups is 2. The Morgan fingerprint density at radius 3 is 0.856 bits per heavy atom. The monoisotopic (exact) mass is 1400 g/mol. The third kappa shape index (κ3) is 73.3. The fourth-order valence-corrected chi connectivity index (χ4v) is 11.6. The van der Waals surface area contributed by atoms with Crippen molar-refractivity contribution >= 4 is 33.6 Å². The second-order valence-corrected chi connectivity index (χ2v) is 28.4. The predicted octanol–water partition coefficient (Wildman–Crippen LogP) is 22.0. The van der Waals surface area contributed by atoms with Crippen molar-refractivity contribution in [2.75, 3.05) is 39.6 Å². The van der Waals surface area contributed by atoms with E-state index >= 15 is 0 Å². The van der Waals surface area contributed by atoms with E-state index in [1.54, 1.807) is 0 Å². The first-order chi connectivity index (χ1) is 47.2. The summed E-state index contributed by atoms with van der Waals surface area (Å²) in [4.78, 5) is 58.5. The molecule has 560 valence electrons. The lowest BCUT2D eigenvalue weighted by Gasteiger charge is -2.21. The van der Waals surface area contributed by atoms with Gasteiger partial charge in [0.1, 0.15) is 25.4 Å². The first kappa shape index (κ1) is 93.2. The average molecular weight is 1410 g/mol. The first-order valence-corrected chi connectivity index (χ1v) is 41.2. The molecule has 4 N–H and O–H groups in total. The zero-order valence-electron chi connectivity index (χ0n) is 61.0. The van der Waals surface area contributed by atoms with Crippen molar-refractivity contribution in [3.8, 4) is 0 Å². The minimum atomic E-state index is -4.93. The molecule has 0 aromatic rings. The molecule has 0 radical (unpaired) electrons. The van der Waals surface area contributed by atoms with E-state index in [0.717, 1.165) is 148 Å². The molecule has 0 saturated heterocycles. The predicted molar refractivity (Wildman–Crippen MR) is 399 cm³/mol. The third-order valence-electron chi connectivity index (χ3n) is 15.9.